The van der Waals surface area contributed by atoms with Crippen molar-refractivity contribution in [2.75, 3.05) is 14.7 Å². The molecule has 3 aliphatic heterocycles. The Balaban J connectivity index is 1.18. The predicted octanol–water partition coefficient (Wildman–Crippen LogP) is 12.3. The Kier molecular flexibility index (Phi) is 9.65. The molecule has 0 saturated heterocycles. The first-order chi connectivity index (χ1) is 35.3. The zero-order valence-electron chi connectivity index (χ0n) is 39.0. The van der Waals surface area contributed by atoms with E-state index in [2.05, 4.69) is 294 Å². The van der Waals surface area contributed by atoms with Gasteiger partial charge in [0, 0.05) is 45.3 Å². The van der Waals surface area contributed by atoms with Crippen molar-refractivity contribution in [1.82, 2.24) is 0 Å². The van der Waals surface area contributed by atoms with Crippen molar-refractivity contribution in [3.8, 4) is 22.3 Å². The highest BCUT2D eigenvalue weighted by Gasteiger charge is 2.56. The van der Waals surface area contributed by atoms with Crippen LogP contribution in [0.1, 0.15) is 0 Å². The number of benzene rings is 11. The zero-order chi connectivity index (χ0) is 46.9. The molecule has 0 aliphatic carbocycles. The molecule has 3 aliphatic rings. The van der Waals surface area contributed by atoms with Gasteiger partial charge in [-0.15, -0.1) is 0 Å². The molecule has 0 saturated carbocycles. The van der Waals surface area contributed by atoms with Gasteiger partial charge in [-0.3, -0.25) is 0 Å². The lowest BCUT2D eigenvalue weighted by Crippen LogP contribution is -2.88. The number of para-hydroxylation sites is 4. The lowest BCUT2D eigenvalue weighted by atomic mass is 9.33. The van der Waals surface area contributed by atoms with E-state index < -0.39 is 8.07 Å². The topological polar surface area (TPSA) is 9.72 Å². The molecule has 0 bridgehead atoms. The minimum atomic E-state index is -3.05. The highest BCUT2D eigenvalue weighted by molar-refractivity contribution is 7.27. The van der Waals surface area contributed by atoms with Crippen LogP contribution < -0.4 is 51.8 Å². The van der Waals surface area contributed by atoms with Crippen LogP contribution in [0.5, 0.6) is 0 Å². The quantitative estimate of drug-likeness (QED) is 0.134. The summed E-state index contributed by atoms with van der Waals surface area (Å²) in [7, 11) is -3.05. The molecular weight excluding hydrogens is 874 g/mol. The van der Waals surface area contributed by atoms with Crippen LogP contribution in [0.3, 0.4) is 0 Å². The molecule has 5 heteroatoms. The van der Waals surface area contributed by atoms with Crippen molar-refractivity contribution in [2.45, 2.75) is 0 Å². The van der Waals surface area contributed by atoms with Gasteiger partial charge in [0.1, 0.15) is 0 Å². The van der Waals surface area contributed by atoms with E-state index >= 15 is 0 Å². The molecular formula is C66H46BN3Si. The van der Waals surface area contributed by atoms with E-state index in [4.69, 9.17) is 0 Å². The van der Waals surface area contributed by atoms with Crippen LogP contribution in [0, 0.1) is 0 Å². The second-order valence-corrected chi connectivity index (χ2v) is 22.5. The zero-order valence-corrected chi connectivity index (χ0v) is 40.0. The number of hydrogen-bond donors (Lipinski definition) is 0. The average Bonchev–Trinajstić information content (AvgIpc) is 3.45. The summed E-state index contributed by atoms with van der Waals surface area (Å²) in [5.41, 5.74) is 19.2. The highest BCUT2D eigenvalue weighted by atomic mass is 28.3. The normalized spacial score (nSPS) is 13.4. The van der Waals surface area contributed by atoms with E-state index in [0.717, 1.165) is 28.4 Å². The van der Waals surface area contributed by atoms with Crippen LogP contribution in [0.2, 0.25) is 0 Å². The minimum absolute atomic E-state index is 0.0540. The monoisotopic (exact) mass is 919 g/mol. The van der Waals surface area contributed by atoms with E-state index in [9.17, 15) is 0 Å². The standard InChI is InChI=1S/C66H46BN3Si/c1-7-25-47(26-8-1)54-37-19-21-39-56(54)69-58-41-23-43-62-65(58)67-64-60(69)45-51(68(49-29-11-3-12-30-49)50-31-13-4-14-32-50)46-61(64)70(57-40-22-20-38-55(57)48-27-9-2-10-28-48)59-42-24-44-63(66(59)67)71(62,52-33-15-5-16-34-52)53-35-17-6-18-36-53/h1-46H. The van der Waals surface area contributed by atoms with E-state index in [-0.39, 0.29) is 6.71 Å². The van der Waals surface area contributed by atoms with Gasteiger partial charge in [-0.25, -0.2) is 0 Å². The van der Waals surface area contributed by atoms with E-state index in [1.165, 1.54) is 82.1 Å². The summed E-state index contributed by atoms with van der Waals surface area (Å²) in [5, 5.41) is 5.65. The SMILES string of the molecule is c1ccc(-c2ccccc2N2c3cc(N(c4ccccc4)c4ccccc4)cc4c3B3c5c2cccc5[Si](c2ccccc2)(c2ccccc2)c2cccc(c23)N4c2ccccc2-c2ccccc2)cc1. The molecule has 0 N–H and O–H groups in total. The maximum atomic E-state index is 2.63. The number of nitrogens with zero attached hydrogens (tertiary/aromatic N) is 3. The molecule has 3 heterocycles. The van der Waals surface area contributed by atoms with Crippen LogP contribution in [-0.4, -0.2) is 14.8 Å². The van der Waals surface area contributed by atoms with Crippen molar-refractivity contribution in [3.05, 3.63) is 279 Å². The molecule has 0 radical (unpaired) electrons. The van der Waals surface area contributed by atoms with Gasteiger partial charge in [-0.05, 0) is 109 Å². The maximum absolute atomic E-state index is 3.05. The molecule has 14 rings (SSSR count). The van der Waals surface area contributed by atoms with E-state index in [1.54, 1.807) is 0 Å². The fourth-order valence-electron chi connectivity index (χ4n) is 12.3. The second kappa shape index (κ2) is 16.7. The van der Waals surface area contributed by atoms with Crippen molar-refractivity contribution in [2.24, 2.45) is 0 Å². The summed E-state index contributed by atoms with van der Waals surface area (Å²) in [6, 6.07) is 104. The summed E-state index contributed by atoms with van der Waals surface area (Å²) in [6.07, 6.45) is 0. The molecule has 332 valence electrons. The summed E-state index contributed by atoms with van der Waals surface area (Å²) < 4.78 is 0. The van der Waals surface area contributed by atoms with Gasteiger partial charge in [0.05, 0.1) is 17.1 Å². The lowest BCUT2D eigenvalue weighted by Gasteiger charge is -2.52. The van der Waals surface area contributed by atoms with Crippen LogP contribution >= 0.6 is 0 Å². The first kappa shape index (κ1) is 41.1. The van der Waals surface area contributed by atoms with Gasteiger partial charge in [-0.1, -0.05) is 218 Å². The van der Waals surface area contributed by atoms with Gasteiger partial charge in [0.15, 0.2) is 8.07 Å². The Morgan fingerprint density at radius 2 is 0.634 bits per heavy atom. The molecule has 0 spiro atoms. The van der Waals surface area contributed by atoms with Gasteiger partial charge in [0.25, 0.3) is 6.71 Å². The Bertz CT molecular complexity index is 3530. The first-order valence-electron chi connectivity index (χ1n) is 24.6. The average molecular weight is 920 g/mol. The first-order valence-corrected chi connectivity index (χ1v) is 26.6. The van der Waals surface area contributed by atoms with Crippen LogP contribution in [0.15, 0.2) is 279 Å². The molecule has 0 fully saturated rings. The second-order valence-electron chi connectivity index (χ2n) is 18.7. The summed E-state index contributed by atoms with van der Waals surface area (Å²) in [4.78, 5) is 7.69. The van der Waals surface area contributed by atoms with Crippen molar-refractivity contribution < 1.29 is 0 Å². The third kappa shape index (κ3) is 6.23. The molecule has 71 heavy (non-hydrogen) atoms. The smallest absolute Gasteiger partial charge is 0.251 e. The Morgan fingerprint density at radius 3 is 1.06 bits per heavy atom. The molecule has 0 aromatic heterocycles. The summed E-state index contributed by atoms with van der Waals surface area (Å²) >= 11 is 0. The van der Waals surface area contributed by atoms with E-state index in [1.807, 2.05) is 0 Å². The van der Waals surface area contributed by atoms with Crippen LogP contribution in [-0.2, 0) is 0 Å². The van der Waals surface area contributed by atoms with Crippen molar-refractivity contribution >= 4 is 103 Å². The number of rotatable bonds is 9. The molecule has 11 aromatic carbocycles. The number of hydrogen-bond acceptors (Lipinski definition) is 3. The Labute approximate surface area is 416 Å². The van der Waals surface area contributed by atoms with Gasteiger partial charge >= 0.3 is 0 Å². The van der Waals surface area contributed by atoms with E-state index in [0.29, 0.717) is 0 Å². The molecule has 11 aromatic rings. The fourth-order valence-corrected chi connectivity index (χ4v) is 17.6. The van der Waals surface area contributed by atoms with Crippen LogP contribution in [0.4, 0.5) is 51.2 Å². The maximum Gasteiger partial charge on any atom is 0.251 e. The molecule has 3 nitrogen and oxygen atoms in total. The molecule has 0 amide bonds. The fraction of sp³-hybridized carbons (Fsp3) is 0. The minimum Gasteiger partial charge on any atom is -0.311 e. The summed E-state index contributed by atoms with van der Waals surface area (Å²) in [6.45, 7) is -0.0540. The third-order valence-electron chi connectivity index (χ3n) is 15.1. The summed E-state index contributed by atoms with van der Waals surface area (Å²) in [5.74, 6) is 0. The predicted molar refractivity (Wildman–Crippen MR) is 303 cm³/mol. The van der Waals surface area contributed by atoms with Crippen molar-refractivity contribution in [3.63, 3.8) is 0 Å². The highest BCUT2D eigenvalue weighted by Crippen LogP contribution is 2.51. The largest absolute Gasteiger partial charge is 0.311 e. The lowest BCUT2D eigenvalue weighted by molar-refractivity contribution is 1.23. The van der Waals surface area contributed by atoms with Crippen LogP contribution in [0.25, 0.3) is 22.3 Å². The Hall–Kier alpha value is -8.90. The Morgan fingerprint density at radius 1 is 0.282 bits per heavy atom. The molecule has 0 unspecified atom stereocenters. The van der Waals surface area contributed by atoms with Crippen molar-refractivity contribution in [1.29, 1.82) is 0 Å². The number of anilines is 9. The van der Waals surface area contributed by atoms with Gasteiger partial charge in [0.2, 0.25) is 0 Å². The van der Waals surface area contributed by atoms with Gasteiger partial charge in [-0.2, -0.15) is 0 Å². The third-order valence-corrected chi connectivity index (χ3v) is 20.0. The van der Waals surface area contributed by atoms with Gasteiger partial charge < -0.3 is 14.7 Å². The molecule has 0 atom stereocenters.